The molecule has 0 saturated carbocycles. The number of aromatic hydroxyl groups is 1. The van der Waals surface area contributed by atoms with Gasteiger partial charge in [-0.05, 0) is 37.5 Å². The third-order valence-corrected chi connectivity index (χ3v) is 3.78. The average molecular weight is 280 g/mol. The van der Waals surface area contributed by atoms with Crippen LogP contribution in [0.25, 0.3) is 5.69 Å². The van der Waals surface area contributed by atoms with Crippen LogP contribution in [0.5, 0.6) is 5.88 Å². The number of nitrogen functional groups attached to an aromatic ring is 1. The topological polar surface area (TPSA) is 73.2 Å². The quantitative estimate of drug-likeness (QED) is 0.783. The first-order valence-electron chi connectivity index (χ1n) is 6.18. The van der Waals surface area contributed by atoms with Crippen molar-refractivity contribution in [3.63, 3.8) is 0 Å². The minimum atomic E-state index is -0.251. The Labute approximate surface area is 114 Å². The molecule has 0 radical (unpaired) electrons. The number of anilines is 1. The second-order valence-corrected chi connectivity index (χ2v) is 5.12. The Morgan fingerprint density at radius 3 is 2.79 bits per heavy atom. The van der Waals surface area contributed by atoms with E-state index in [-0.39, 0.29) is 11.6 Å². The second-order valence-electron chi connectivity index (χ2n) is 4.71. The fourth-order valence-corrected chi connectivity index (χ4v) is 2.81. The number of hydrogen-bond acceptors (Lipinski definition) is 3. The molecule has 1 aromatic carbocycles. The molecule has 3 N–H and O–H groups in total. The van der Waals surface area contributed by atoms with Crippen LogP contribution in [0.4, 0.5) is 5.69 Å². The molecular formula is C13H14ClN3O2. The highest BCUT2D eigenvalue weighted by molar-refractivity contribution is 6.32. The zero-order valence-corrected chi connectivity index (χ0v) is 11.0. The molecule has 5 nitrogen and oxygen atoms in total. The van der Waals surface area contributed by atoms with Crippen LogP contribution in [0.3, 0.4) is 0 Å². The predicted octanol–water partition coefficient (Wildman–Crippen LogP) is 1.92. The van der Waals surface area contributed by atoms with E-state index in [1.807, 2.05) is 0 Å². The fourth-order valence-electron chi connectivity index (χ4n) is 2.54. The third-order valence-electron chi connectivity index (χ3n) is 3.48. The van der Waals surface area contributed by atoms with Gasteiger partial charge in [0.25, 0.3) is 0 Å². The lowest BCUT2D eigenvalue weighted by Crippen LogP contribution is -2.26. The van der Waals surface area contributed by atoms with Gasteiger partial charge in [0.05, 0.1) is 16.4 Å². The number of fused-ring (bicyclic) bond motifs is 1. The summed E-state index contributed by atoms with van der Waals surface area (Å²) in [5.74, 6) is -0.0172. The van der Waals surface area contributed by atoms with Crippen molar-refractivity contribution in [2.75, 3.05) is 5.73 Å². The number of rotatable bonds is 1. The number of benzene rings is 1. The Hall–Kier alpha value is -1.88. The molecule has 0 unspecified atom stereocenters. The molecule has 1 aliphatic rings. The van der Waals surface area contributed by atoms with E-state index >= 15 is 0 Å². The van der Waals surface area contributed by atoms with Gasteiger partial charge in [-0.1, -0.05) is 11.6 Å². The third kappa shape index (κ3) is 1.81. The van der Waals surface area contributed by atoms with Crippen molar-refractivity contribution < 1.29 is 5.11 Å². The normalized spacial score (nSPS) is 14.4. The van der Waals surface area contributed by atoms with Crippen LogP contribution in [-0.2, 0) is 13.0 Å². The maximum absolute atomic E-state index is 12.3. The van der Waals surface area contributed by atoms with Gasteiger partial charge in [0, 0.05) is 12.2 Å². The smallest absolute Gasteiger partial charge is 0.335 e. The van der Waals surface area contributed by atoms with Crippen molar-refractivity contribution in [1.29, 1.82) is 0 Å². The zero-order valence-electron chi connectivity index (χ0n) is 10.3. The maximum Gasteiger partial charge on any atom is 0.335 e. The molecule has 0 aliphatic carbocycles. The van der Waals surface area contributed by atoms with Gasteiger partial charge in [0.2, 0.25) is 5.88 Å². The Bertz CT molecular complexity index is 703. The molecule has 1 aliphatic heterocycles. The van der Waals surface area contributed by atoms with Crippen LogP contribution >= 0.6 is 11.6 Å². The SMILES string of the molecule is Nc1ccc(-n2c(O)c3n(c2=O)CCCC3)c(Cl)c1. The largest absolute Gasteiger partial charge is 0.493 e. The second kappa shape index (κ2) is 4.35. The summed E-state index contributed by atoms with van der Waals surface area (Å²) in [4.78, 5) is 12.3. The van der Waals surface area contributed by atoms with Crippen LogP contribution in [0.2, 0.25) is 5.02 Å². The molecule has 2 aromatic rings. The number of halogens is 1. The molecule has 6 heteroatoms. The van der Waals surface area contributed by atoms with Crippen LogP contribution in [0, 0.1) is 0 Å². The molecule has 1 aromatic heterocycles. The van der Waals surface area contributed by atoms with E-state index in [0.717, 1.165) is 12.8 Å². The Morgan fingerprint density at radius 1 is 1.32 bits per heavy atom. The Kier molecular flexibility index (Phi) is 2.78. The van der Waals surface area contributed by atoms with Gasteiger partial charge in [0.15, 0.2) is 0 Å². The summed E-state index contributed by atoms with van der Waals surface area (Å²) in [5, 5.41) is 10.6. The number of imidazole rings is 1. The highest BCUT2D eigenvalue weighted by Crippen LogP contribution is 2.29. The molecule has 0 atom stereocenters. The number of nitrogens with zero attached hydrogens (tertiary/aromatic N) is 2. The predicted molar refractivity (Wildman–Crippen MR) is 74.1 cm³/mol. The van der Waals surface area contributed by atoms with E-state index in [9.17, 15) is 9.90 Å². The lowest BCUT2D eigenvalue weighted by Gasteiger charge is -2.11. The standard InChI is InChI=1S/C13H14ClN3O2/c14-9-7-8(15)4-5-10(9)17-12(18)11-3-1-2-6-16(11)13(17)19/h4-5,7,18H,1-3,6,15H2. The molecule has 2 heterocycles. The van der Waals surface area contributed by atoms with Crippen molar-refractivity contribution in [2.24, 2.45) is 0 Å². The summed E-state index contributed by atoms with van der Waals surface area (Å²) in [6.45, 7) is 0.640. The summed E-state index contributed by atoms with van der Waals surface area (Å²) < 4.78 is 2.87. The maximum atomic E-state index is 12.3. The van der Waals surface area contributed by atoms with Crippen molar-refractivity contribution in [3.8, 4) is 11.6 Å². The van der Waals surface area contributed by atoms with Crippen molar-refractivity contribution >= 4 is 17.3 Å². The van der Waals surface area contributed by atoms with Gasteiger partial charge in [0.1, 0.15) is 0 Å². The van der Waals surface area contributed by atoms with Crippen molar-refractivity contribution in [1.82, 2.24) is 9.13 Å². The summed E-state index contributed by atoms with van der Waals surface area (Å²) in [6.07, 6.45) is 2.64. The Morgan fingerprint density at radius 2 is 2.11 bits per heavy atom. The molecule has 0 bridgehead atoms. The first-order chi connectivity index (χ1) is 9.09. The first kappa shape index (κ1) is 12.2. The molecule has 0 saturated heterocycles. The summed E-state index contributed by atoms with van der Waals surface area (Å²) >= 11 is 6.11. The zero-order chi connectivity index (χ0) is 13.6. The van der Waals surface area contributed by atoms with E-state index < -0.39 is 0 Å². The molecule has 0 fully saturated rings. The summed E-state index contributed by atoms with van der Waals surface area (Å²) in [6, 6.07) is 4.87. The minimum absolute atomic E-state index is 0.0172. The average Bonchev–Trinajstić information content (AvgIpc) is 2.64. The highest BCUT2D eigenvalue weighted by atomic mass is 35.5. The summed E-state index contributed by atoms with van der Waals surface area (Å²) in [5.41, 5.74) is 7.05. The van der Waals surface area contributed by atoms with Gasteiger partial charge in [-0.25, -0.2) is 9.36 Å². The first-order valence-corrected chi connectivity index (χ1v) is 6.56. The highest BCUT2D eigenvalue weighted by Gasteiger charge is 2.23. The number of nitrogens with two attached hydrogens (primary N) is 1. The molecule has 100 valence electrons. The number of hydrogen-bond donors (Lipinski definition) is 2. The van der Waals surface area contributed by atoms with Gasteiger partial charge < -0.3 is 10.8 Å². The van der Waals surface area contributed by atoms with Gasteiger partial charge in [-0.15, -0.1) is 0 Å². The lowest BCUT2D eigenvalue weighted by molar-refractivity contribution is 0.426. The number of aromatic nitrogens is 2. The van der Waals surface area contributed by atoms with Crippen LogP contribution in [0.15, 0.2) is 23.0 Å². The lowest BCUT2D eigenvalue weighted by atomic mass is 10.1. The van der Waals surface area contributed by atoms with Crippen molar-refractivity contribution in [3.05, 3.63) is 39.4 Å². The van der Waals surface area contributed by atoms with Gasteiger partial charge in [-0.3, -0.25) is 4.57 Å². The van der Waals surface area contributed by atoms with E-state index in [1.54, 1.807) is 22.8 Å². The van der Waals surface area contributed by atoms with Crippen molar-refractivity contribution in [2.45, 2.75) is 25.8 Å². The van der Waals surface area contributed by atoms with E-state index in [2.05, 4.69) is 0 Å². The Balaban J connectivity index is 2.26. The van der Waals surface area contributed by atoms with Crippen LogP contribution in [-0.4, -0.2) is 14.2 Å². The van der Waals surface area contributed by atoms with Gasteiger partial charge in [-0.2, -0.15) is 0 Å². The molecule has 0 spiro atoms. The van der Waals surface area contributed by atoms with Gasteiger partial charge >= 0.3 is 5.69 Å². The summed E-state index contributed by atoms with van der Waals surface area (Å²) in [7, 11) is 0. The molecular weight excluding hydrogens is 266 g/mol. The monoisotopic (exact) mass is 279 g/mol. The molecule has 0 amide bonds. The fraction of sp³-hybridized carbons (Fsp3) is 0.308. The van der Waals surface area contributed by atoms with E-state index in [4.69, 9.17) is 17.3 Å². The van der Waals surface area contributed by atoms with Crippen LogP contribution in [0.1, 0.15) is 18.5 Å². The van der Waals surface area contributed by atoms with E-state index in [0.29, 0.717) is 35.1 Å². The molecule has 3 rings (SSSR count). The van der Waals surface area contributed by atoms with E-state index in [1.165, 1.54) is 4.57 Å². The molecule has 19 heavy (non-hydrogen) atoms. The van der Waals surface area contributed by atoms with Crippen LogP contribution < -0.4 is 11.4 Å². The minimum Gasteiger partial charge on any atom is -0.493 e.